The summed E-state index contributed by atoms with van der Waals surface area (Å²) in [7, 11) is 1.34. The van der Waals surface area contributed by atoms with Crippen LogP contribution >= 0.6 is 0 Å². The summed E-state index contributed by atoms with van der Waals surface area (Å²) in [5, 5.41) is 49.8. The predicted octanol–water partition coefficient (Wildman–Crippen LogP) is 3.75. The van der Waals surface area contributed by atoms with E-state index in [1.807, 2.05) is 0 Å². The summed E-state index contributed by atoms with van der Waals surface area (Å²) in [6.45, 7) is 10.8. The number of benzene rings is 2. The lowest BCUT2D eigenvalue weighted by molar-refractivity contribution is -0.308. The first kappa shape index (κ1) is 52.9. The average molecular weight is 1040 g/mol. The third-order valence-corrected chi connectivity index (χ3v) is 13.1. The minimum Gasteiger partial charge on any atom is -0.505 e. The van der Waals surface area contributed by atoms with Crippen molar-refractivity contribution >= 4 is 57.3 Å². The van der Waals surface area contributed by atoms with E-state index in [0.717, 1.165) is 0 Å². The zero-order valence-corrected chi connectivity index (χ0v) is 41.3. The van der Waals surface area contributed by atoms with Crippen LogP contribution in [0.25, 0.3) is 21.9 Å². The van der Waals surface area contributed by atoms with Crippen LogP contribution in [0, 0.1) is 26.7 Å². The molecule has 74 heavy (non-hydrogen) atoms. The van der Waals surface area contributed by atoms with Crippen LogP contribution in [0.15, 0.2) is 53.2 Å². The lowest BCUT2D eigenvalue weighted by Crippen LogP contribution is -2.65. The first-order chi connectivity index (χ1) is 34.8. The SMILES string of the molecule is CO[C@@H]1[C@@H](OC(N)=O)[C@@H](O)[C@H](Oc2ccc3c(O)c(NC(=O)c4cc(CCO[C@@H]5[C@@H](OC(N)=O)[C@@H](O)[C@H](Oc6ccc7c(O)c(NC(=O)C8CC8)c(=O)oc7c6C)OC5(C)C)oc4C)c(=O)oc3c2C)OC1(C)C. The van der Waals surface area contributed by atoms with Crippen LogP contribution in [0.4, 0.5) is 21.0 Å². The number of fused-ring (bicyclic) bond motifs is 2. The number of rotatable bonds is 15. The number of nitrogens with two attached hydrogens (primary N) is 2. The summed E-state index contributed by atoms with van der Waals surface area (Å²) in [6, 6.07) is 6.95. The number of ether oxygens (including phenoxy) is 8. The van der Waals surface area contributed by atoms with Crippen molar-refractivity contribution in [2.75, 3.05) is 24.4 Å². The number of aliphatic hydroxyl groups is 2. The number of nitrogens with one attached hydrogen (secondary N) is 2. The molecule has 0 unspecified atom stereocenters. The molecule has 25 nitrogen and oxygen atoms in total. The second kappa shape index (κ2) is 20.1. The maximum Gasteiger partial charge on any atom is 0.404 e. The van der Waals surface area contributed by atoms with Gasteiger partial charge in [0.05, 0.1) is 34.1 Å². The third kappa shape index (κ3) is 10.3. The number of aliphatic hydroxyl groups excluding tert-OH is 2. The molecule has 5 aromatic rings. The highest BCUT2D eigenvalue weighted by Crippen LogP contribution is 2.42. The standard InChI is InChI=1S/C49H56N4O21/c1-18-26(67-44-32(56)36(71-46(50)62)38(64-8)48(4,5)73-44)14-12-24-31(55)29(43(61)70-35(18)24)53-41(59)25-17-22(66-20(25)3)15-16-65-39-37(72-47(51)63)33(57)45(74-49(39,6)7)68-27-13-11-23-30(54)28(52-40(58)21-9-10-21)42(60)69-34(23)19(27)2/h11-14,17,21,32-33,36-39,44-45,54-57H,9-10,15-16H2,1-8H3,(H2,50,62)(H2,51,63)(H,52,58)(H,53,59)/t32-,33-,36+,37+,38-,39-,44-,45-/m1/s1. The monoisotopic (exact) mass is 1040 g/mol. The molecule has 4 amide bonds. The summed E-state index contributed by atoms with van der Waals surface area (Å²) >= 11 is 0. The molecule has 8 rings (SSSR count). The van der Waals surface area contributed by atoms with Crippen molar-refractivity contribution in [2.24, 2.45) is 17.4 Å². The number of aryl methyl sites for hydroxylation is 3. The molecule has 0 spiro atoms. The van der Waals surface area contributed by atoms with Crippen LogP contribution in [0.5, 0.6) is 23.0 Å². The van der Waals surface area contributed by atoms with Crippen molar-refractivity contribution < 1.29 is 90.8 Å². The number of furan rings is 1. The molecule has 398 valence electrons. The number of aromatic hydroxyl groups is 2. The first-order valence-corrected chi connectivity index (χ1v) is 23.2. The summed E-state index contributed by atoms with van der Waals surface area (Å²) in [4.78, 5) is 76.1. The van der Waals surface area contributed by atoms with Crippen molar-refractivity contribution in [3.05, 3.63) is 79.4 Å². The van der Waals surface area contributed by atoms with Gasteiger partial charge in [-0.3, -0.25) is 9.59 Å². The minimum absolute atomic E-state index is 0.00770. The molecule has 10 N–H and O–H groups in total. The molecular weight excluding hydrogens is 981 g/mol. The average Bonchev–Trinajstić information content (AvgIpc) is 4.11. The highest BCUT2D eigenvalue weighted by atomic mass is 16.7. The number of primary amides is 2. The van der Waals surface area contributed by atoms with E-state index >= 15 is 0 Å². The van der Waals surface area contributed by atoms with Gasteiger partial charge in [0.15, 0.2) is 47.3 Å². The second-order valence-corrected chi connectivity index (χ2v) is 19.2. The smallest absolute Gasteiger partial charge is 0.404 e. The lowest BCUT2D eigenvalue weighted by atomic mass is 9.89. The maximum absolute atomic E-state index is 13.6. The van der Waals surface area contributed by atoms with Crippen LogP contribution < -0.4 is 42.8 Å². The molecule has 3 aromatic heterocycles. The number of amides is 4. The van der Waals surface area contributed by atoms with Crippen LogP contribution in [0.2, 0.25) is 0 Å². The van der Waals surface area contributed by atoms with Gasteiger partial charge in [-0.2, -0.15) is 0 Å². The Balaban J connectivity index is 0.929. The molecule has 1 saturated carbocycles. The molecule has 0 radical (unpaired) electrons. The van der Waals surface area contributed by atoms with E-state index in [-0.39, 0.29) is 80.6 Å². The van der Waals surface area contributed by atoms with E-state index in [2.05, 4.69) is 10.6 Å². The van der Waals surface area contributed by atoms with Crippen molar-refractivity contribution in [3.8, 4) is 23.0 Å². The molecule has 2 saturated heterocycles. The highest BCUT2D eigenvalue weighted by Gasteiger charge is 2.55. The number of carbonyl (C=O) groups is 4. The zero-order valence-electron chi connectivity index (χ0n) is 41.3. The van der Waals surface area contributed by atoms with E-state index in [9.17, 15) is 49.2 Å². The Bertz CT molecular complexity index is 3160. The fraction of sp³-hybridized carbons (Fsp3) is 0.469. The fourth-order valence-corrected chi connectivity index (χ4v) is 9.15. The van der Waals surface area contributed by atoms with Crippen LogP contribution in [-0.2, 0) is 39.6 Å². The largest absolute Gasteiger partial charge is 0.505 e. The Morgan fingerprint density at radius 3 is 1.66 bits per heavy atom. The van der Waals surface area contributed by atoms with Gasteiger partial charge in [0.25, 0.3) is 5.91 Å². The molecule has 2 aliphatic heterocycles. The van der Waals surface area contributed by atoms with Crippen molar-refractivity contribution in [1.82, 2.24) is 0 Å². The second-order valence-electron chi connectivity index (χ2n) is 19.2. The Morgan fingerprint density at radius 2 is 1.19 bits per heavy atom. The summed E-state index contributed by atoms with van der Waals surface area (Å²) in [5.74, 6) is -2.16. The van der Waals surface area contributed by atoms with E-state index in [1.54, 1.807) is 27.7 Å². The van der Waals surface area contributed by atoms with Crippen molar-refractivity contribution in [3.63, 3.8) is 0 Å². The van der Waals surface area contributed by atoms with Gasteiger partial charge in [-0.25, -0.2) is 19.2 Å². The van der Waals surface area contributed by atoms with Gasteiger partial charge in [0.1, 0.15) is 46.4 Å². The maximum atomic E-state index is 13.6. The van der Waals surface area contributed by atoms with Gasteiger partial charge in [-0.1, -0.05) is 0 Å². The molecule has 3 fully saturated rings. The number of carbonyl (C=O) groups excluding carboxylic acids is 4. The number of hydrogen-bond donors (Lipinski definition) is 8. The van der Waals surface area contributed by atoms with E-state index < -0.39 is 119 Å². The van der Waals surface area contributed by atoms with Crippen LogP contribution in [0.3, 0.4) is 0 Å². The predicted molar refractivity (Wildman–Crippen MR) is 255 cm³/mol. The van der Waals surface area contributed by atoms with E-state index in [0.29, 0.717) is 12.8 Å². The number of methoxy groups -OCH3 is 1. The van der Waals surface area contributed by atoms with Crippen molar-refractivity contribution in [1.29, 1.82) is 0 Å². The van der Waals surface area contributed by atoms with Gasteiger partial charge in [-0.15, -0.1) is 0 Å². The molecule has 0 bridgehead atoms. The third-order valence-electron chi connectivity index (χ3n) is 13.1. The molecule has 5 heterocycles. The Morgan fingerprint density at radius 1 is 0.716 bits per heavy atom. The van der Waals surface area contributed by atoms with Gasteiger partial charge in [0.2, 0.25) is 18.5 Å². The van der Waals surface area contributed by atoms with Gasteiger partial charge < -0.3 is 93.7 Å². The van der Waals surface area contributed by atoms with Crippen molar-refractivity contribution in [2.45, 2.75) is 128 Å². The van der Waals surface area contributed by atoms with Gasteiger partial charge >= 0.3 is 23.4 Å². The Kier molecular flexibility index (Phi) is 14.4. The molecular formula is C49H56N4O21. The van der Waals surface area contributed by atoms with Gasteiger partial charge in [0, 0.05) is 30.6 Å². The Labute approximate surface area is 419 Å². The Hall–Kier alpha value is -7.42. The summed E-state index contributed by atoms with van der Waals surface area (Å²) in [5.41, 5.74) is 5.26. The highest BCUT2D eigenvalue weighted by molar-refractivity contribution is 6.07. The normalized spacial score (nSPS) is 24.2. The van der Waals surface area contributed by atoms with Crippen LogP contribution in [-0.4, -0.2) is 119 Å². The molecule has 3 aliphatic rings. The number of hydrogen-bond acceptors (Lipinski definition) is 21. The zero-order chi connectivity index (χ0) is 53.9. The van der Waals surface area contributed by atoms with Crippen LogP contribution in [0.1, 0.15) is 73.5 Å². The van der Waals surface area contributed by atoms with E-state index in [4.69, 9.17) is 62.6 Å². The lowest BCUT2D eigenvalue weighted by Gasteiger charge is -2.47. The summed E-state index contributed by atoms with van der Waals surface area (Å²) in [6.07, 6.45) is -12.2. The quantitative estimate of drug-likeness (QED) is 0.0692. The topological polar surface area (TPSA) is 373 Å². The number of anilines is 2. The molecule has 2 aromatic carbocycles. The molecule has 25 heteroatoms. The summed E-state index contributed by atoms with van der Waals surface area (Å²) < 4.78 is 63.2. The van der Waals surface area contributed by atoms with Gasteiger partial charge in [-0.05, 0) is 91.6 Å². The molecule has 8 atom stereocenters. The fourth-order valence-electron chi connectivity index (χ4n) is 9.15. The van der Waals surface area contributed by atoms with E-state index in [1.165, 1.54) is 58.2 Å². The first-order valence-electron chi connectivity index (χ1n) is 23.2. The molecule has 1 aliphatic carbocycles. The minimum atomic E-state index is -1.72.